The minimum Gasteiger partial charge on any atom is -0.491 e. The number of rotatable bonds is 8. The van der Waals surface area contributed by atoms with Gasteiger partial charge in [-0.1, -0.05) is 13.8 Å². The van der Waals surface area contributed by atoms with Gasteiger partial charge in [-0.05, 0) is 49.9 Å². The van der Waals surface area contributed by atoms with Crippen LogP contribution < -0.4 is 10.1 Å². The fraction of sp³-hybridized carbons (Fsp3) is 0.579. The molecule has 0 saturated carbocycles. The van der Waals surface area contributed by atoms with Gasteiger partial charge in [0, 0.05) is 12.2 Å². The van der Waals surface area contributed by atoms with E-state index in [1.54, 1.807) is 31.2 Å². The Labute approximate surface area is 148 Å². The monoisotopic (exact) mass is 349 g/mol. The molecule has 0 aromatic heterocycles. The molecule has 6 nitrogen and oxygen atoms in total. The minimum absolute atomic E-state index is 0.0124. The van der Waals surface area contributed by atoms with Crippen LogP contribution in [0.5, 0.6) is 5.75 Å². The van der Waals surface area contributed by atoms with E-state index in [9.17, 15) is 9.59 Å². The molecular formula is C19H27NO5. The lowest BCUT2D eigenvalue weighted by Crippen LogP contribution is -2.51. The van der Waals surface area contributed by atoms with Gasteiger partial charge in [-0.2, -0.15) is 0 Å². The highest BCUT2D eigenvalue weighted by Gasteiger charge is 2.33. The highest BCUT2D eigenvalue weighted by molar-refractivity contribution is 5.95. The van der Waals surface area contributed by atoms with Gasteiger partial charge in [0.1, 0.15) is 12.4 Å². The van der Waals surface area contributed by atoms with Gasteiger partial charge >= 0.3 is 5.97 Å². The van der Waals surface area contributed by atoms with Crippen molar-refractivity contribution >= 4 is 11.9 Å². The minimum atomic E-state index is -0.936. The van der Waals surface area contributed by atoms with Gasteiger partial charge in [-0.3, -0.25) is 9.59 Å². The zero-order valence-corrected chi connectivity index (χ0v) is 15.1. The van der Waals surface area contributed by atoms with E-state index in [0.717, 1.165) is 19.4 Å². The molecule has 1 amide bonds. The number of amides is 1. The molecule has 1 aliphatic rings. The average molecular weight is 349 g/mol. The first kappa shape index (κ1) is 19.2. The molecule has 2 N–H and O–H groups in total. The van der Waals surface area contributed by atoms with Crippen LogP contribution in [0, 0.1) is 5.92 Å². The number of hydrogen-bond donors (Lipinski definition) is 2. The largest absolute Gasteiger partial charge is 0.491 e. The van der Waals surface area contributed by atoms with Crippen LogP contribution in [-0.4, -0.2) is 41.8 Å². The van der Waals surface area contributed by atoms with Crippen molar-refractivity contribution in [3.8, 4) is 5.75 Å². The number of ether oxygens (including phenoxy) is 2. The second kappa shape index (κ2) is 8.34. The third-order valence-electron chi connectivity index (χ3n) is 4.77. The lowest BCUT2D eigenvalue weighted by Gasteiger charge is -2.33. The maximum Gasteiger partial charge on any atom is 0.305 e. The van der Waals surface area contributed by atoms with Crippen LogP contribution in [0.1, 0.15) is 50.4 Å². The van der Waals surface area contributed by atoms with E-state index < -0.39 is 11.5 Å². The van der Waals surface area contributed by atoms with Crippen molar-refractivity contribution in [2.75, 3.05) is 13.2 Å². The van der Waals surface area contributed by atoms with Crippen LogP contribution in [0.25, 0.3) is 0 Å². The molecule has 1 heterocycles. The number of nitrogens with one attached hydrogen (secondary N) is 1. The molecule has 0 spiro atoms. The van der Waals surface area contributed by atoms with E-state index in [0.29, 0.717) is 17.9 Å². The van der Waals surface area contributed by atoms with Crippen molar-refractivity contribution in [1.82, 2.24) is 5.32 Å². The van der Waals surface area contributed by atoms with E-state index in [1.165, 1.54) is 0 Å². The lowest BCUT2D eigenvalue weighted by molar-refractivity contribution is -0.138. The molecule has 0 radical (unpaired) electrons. The van der Waals surface area contributed by atoms with E-state index in [1.807, 2.05) is 13.8 Å². The molecule has 1 aromatic carbocycles. The van der Waals surface area contributed by atoms with Crippen LogP contribution in [0.4, 0.5) is 0 Å². The maximum absolute atomic E-state index is 12.5. The Morgan fingerprint density at radius 3 is 2.56 bits per heavy atom. The van der Waals surface area contributed by atoms with E-state index >= 15 is 0 Å². The predicted octanol–water partition coefficient (Wildman–Crippen LogP) is 2.86. The Bertz CT molecular complexity index is 592. The number of carboxylic acid groups (broad SMARTS) is 1. The highest BCUT2D eigenvalue weighted by Crippen LogP contribution is 2.22. The number of hydrogen-bond acceptors (Lipinski definition) is 4. The Morgan fingerprint density at radius 1 is 1.36 bits per heavy atom. The van der Waals surface area contributed by atoms with Crippen molar-refractivity contribution in [2.45, 2.75) is 51.7 Å². The van der Waals surface area contributed by atoms with Crippen LogP contribution in [0.2, 0.25) is 0 Å². The van der Waals surface area contributed by atoms with E-state index in [2.05, 4.69) is 5.32 Å². The van der Waals surface area contributed by atoms with Gasteiger partial charge in [0.2, 0.25) is 0 Å². The summed E-state index contributed by atoms with van der Waals surface area (Å²) in [4.78, 5) is 23.5. The maximum atomic E-state index is 12.5. The number of benzene rings is 1. The number of carbonyl (C=O) groups excluding carboxylic acids is 1. The van der Waals surface area contributed by atoms with Crippen LogP contribution in [0.15, 0.2) is 24.3 Å². The summed E-state index contributed by atoms with van der Waals surface area (Å²) in [6.07, 6.45) is 2.10. The average Bonchev–Trinajstić information content (AvgIpc) is 3.05. The predicted molar refractivity (Wildman–Crippen MR) is 93.9 cm³/mol. The molecular weight excluding hydrogens is 322 g/mol. The van der Waals surface area contributed by atoms with Gasteiger partial charge in [0.25, 0.3) is 5.91 Å². The van der Waals surface area contributed by atoms with Gasteiger partial charge < -0.3 is 19.9 Å². The molecule has 1 saturated heterocycles. The first-order chi connectivity index (χ1) is 11.8. The van der Waals surface area contributed by atoms with Gasteiger partial charge in [-0.15, -0.1) is 0 Å². The normalized spacial score (nSPS) is 19.4. The molecule has 0 bridgehead atoms. The second-order valence-corrected chi connectivity index (χ2v) is 7.07. The van der Waals surface area contributed by atoms with Crippen molar-refractivity contribution in [1.29, 1.82) is 0 Å². The third-order valence-corrected chi connectivity index (χ3v) is 4.77. The Balaban J connectivity index is 1.95. The summed E-state index contributed by atoms with van der Waals surface area (Å²) in [6.45, 7) is 6.84. The Morgan fingerprint density at radius 2 is 2.04 bits per heavy atom. The first-order valence-electron chi connectivity index (χ1n) is 8.69. The number of carboxylic acids is 1. The summed E-state index contributed by atoms with van der Waals surface area (Å²) >= 11 is 0. The fourth-order valence-corrected chi connectivity index (χ4v) is 2.71. The Kier molecular flexibility index (Phi) is 6.42. The third kappa shape index (κ3) is 5.46. The lowest BCUT2D eigenvalue weighted by atomic mass is 9.85. The van der Waals surface area contributed by atoms with Crippen LogP contribution >= 0.6 is 0 Å². The number of aliphatic carboxylic acids is 1. The standard InChI is InChI=1S/C19H27NO5/c1-13(2)19(3,11-17(21)22)20-18(23)14-6-8-15(9-7-14)25-12-16-5-4-10-24-16/h6-9,13,16H,4-5,10-12H2,1-3H3,(H,20,23)(H,21,22). The second-order valence-electron chi connectivity index (χ2n) is 7.07. The molecule has 2 atom stereocenters. The van der Waals surface area contributed by atoms with Gasteiger partial charge in [-0.25, -0.2) is 0 Å². The van der Waals surface area contributed by atoms with Crippen molar-refractivity contribution < 1.29 is 24.2 Å². The van der Waals surface area contributed by atoms with Crippen molar-refractivity contribution in [3.63, 3.8) is 0 Å². The molecule has 2 rings (SSSR count). The topological polar surface area (TPSA) is 84.9 Å². The SMILES string of the molecule is CC(C)C(C)(CC(=O)O)NC(=O)c1ccc(OCC2CCCO2)cc1. The van der Waals surface area contributed by atoms with Crippen molar-refractivity contribution in [2.24, 2.45) is 5.92 Å². The van der Waals surface area contributed by atoms with Crippen LogP contribution in [0.3, 0.4) is 0 Å². The highest BCUT2D eigenvalue weighted by atomic mass is 16.5. The first-order valence-corrected chi connectivity index (χ1v) is 8.69. The molecule has 1 aliphatic heterocycles. The fourth-order valence-electron chi connectivity index (χ4n) is 2.71. The summed E-state index contributed by atoms with van der Waals surface area (Å²) in [5.41, 5.74) is -0.334. The zero-order chi connectivity index (χ0) is 18.4. The summed E-state index contributed by atoms with van der Waals surface area (Å²) < 4.78 is 11.2. The van der Waals surface area contributed by atoms with Crippen molar-refractivity contribution in [3.05, 3.63) is 29.8 Å². The molecule has 2 unspecified atom stereocenters. The van der Waals surface area contributed by atoms with E-state index in [-0.39, 0.29) is 24.3 Å². The van der Waals surface area contributed by atoms with E-state index in [4.69, 9.17) is 14.6 Å². The molecule has 138 valence electrons. The molecule has 1 fully saturated rings. The van der Waals surface area contributed by atoms with Gasteiger partial charge in [0.05, 0.1) is 18.1 Å². The zero-order valence-electron chi connectivity index (χ0n) is 15.1. The van der Waals surface area contributed by atoms with Gasteiger partial charge in [0.15, 0.2) is 0 Å². The summed E-state index contributed by atoms with van der Waals surface area (Å²) in [5.74, 6) is -0.553. The smallest absolute Gasteiger partial charge is 0.305 e. The number of carbonyl (C=O) groups is 2. The van der Waals surface area contributed by atoms with Crippen LogP contribution in [-0.2, 0) is 9.53 Å². The molecule has 1 aromatic rings. The molecule has 0 aliphatic carbocycles. The quantitative estimate of drug-likeness (QED) is 0.754. The summed E-state index contributed by atoms with van der Waals surface area (Å²) in [5, 5.41) is 11.9. The molecule has 25 heavy (non-hydrogen) atoms. The molecule has 6 heteroatoms. The Hall–Kier alpha value is -2.08. The summed E-state index contributed by atoms with van der Waals surface area (Å²) in [7, 11) is 0. The summed E-state index contributed by atoms with van der Waals surface area (Å²) in [6, 6.07) is 6.85.